The maximum Gasteiger partial charge on any atom is 0.183 e. The summed E-state index contributed by atoms with van der Waals surface area (Å²) in [6.07, 6.45) is 1.42. The second-order valence-electron chi connectivity index (χ2n) is 3.23. The Morgan fingerprint density at radius 1 is 1.41 bits per heavy atom. The molecule has 0 bridgehead atoms. The van der Waals surface area contributed by atoms with Gasteiger partial charge in [0, 0.05) is 5.56 Å². The molecule has 1 aromatic heterocycles. The molecule has 0 amide bonds. The van der Waals surface area contributed by atoms with Gasteiger partial charge in [0.05, 0.1) is 12.9 Å². The van der Waals surface area contributed by atoms with Crippen LogP contribution in [-0.2, 0) is 0 Å². The van der Waals surface area contributed by atoms with E-state index in [1.807, 2.05) is 0 Å². The molecule has 0 radical (unpaired) electrons. The number of aromatic amines is 1. The number of thioether (sulfide) groups is 1. The van der Waals surface area contributed by atoms with Gasteiger partial charge >= 0.3 is 0 Å². The zero-order valence-corrected chi connectivity index (χ0v) is 10.0. The first-order chi connectivity index (χ1) is 8.29. The number of carbonyl (C=O) groups is 1. The van der Waals surface area contributed by atoms with Crippen LogP contribution in [0.25, 0.3) is 0 Å². The van der Waals surface area contributed by atoms with E-state index in [0.29, 0.717) is 16.5 Å². The quantitative estimate of drug-likeness (QED) is 0.646. The molecule has 1 N–H and O–H groups in total. The normalized spacial score (nSPS) is 10.2. The van der Waals surface area contributed by atoms with E-state index >= 15 is 0 Å². The van der Waals surface area contributed by atoms with Gasteiger partial charge in [-0.05, 0) is 24.3 Å². The van der Waals surface area contributed by atoms with Gasteiger partial charge in [-0.15, -0.1) is 0 Å². The van der Waals surface area contributed by atoms with Crippen molar-refractivity contribution >= 4 is 17.5 Å². The van der Waals surface area contributed by atoms with Crippen LogP contribution in [-0.4, -0.2) is 33.8 Å². The molecule has 0 fully saturated rings. The maximum atomic E-state index is 11.8. The first-order valence-corrected chi connectivity index (χ1v) is 5.93. The molecule has 17 heavy (non-hydrogen) atoms. The number of ketones is 1. The third kappa shape index (κ3) is 3.07. The number of nitrogens with zero attached hydrogens (tertiary/aromatic N) is 2. The highest BCUT2D eigenvalue weighted by Gasteiger charge is 2.07. The lowest BCUT2D eigenvalue weighted by molar-refractivity contribution is 0.102. The third-order valence-corrected chi connectivity index (χ3v) is 3.02. The van der Waals surface area contributed by atoms with E-state index in [2.05, 4.69) is 15.2 Å². The van der Waals surface area contributed by atoms with Crippen molar-refractivity contribution in [3.05, 3.63) is 36.2 Å². The van der Waals surface area contributed by atoms with Gasteiger partial charge in [0.2, 0.25) is 0 Å². The molecule has 88 valence electrons. The molecular formula is C11H11N3O2S. The average molecular weight is 249 g/mol. The second-order valence-corrected chi connectivity index (χ2v) is 4.20. The topological polar surface area (TPSA) is 67.9 Å². The number of ether oxygens (including phenoxy) is 1. The fraction of sp³-hybridized carbons (Fsp3) is 0.182. The Balaban J connectivity index is 1.95. The van der Waals surface area contributed by atoms with Crippen molar-refractivity contribution in [2.24, 2.45) is 0 Å². The van der Waals surface area contributed by atoms with Gasteiger partial charge in [0.15, 0.2) is 10.9 Å². The van der Waals surface area contributed by atoms with E-state index in [4.69, 9.17) is 4.74 Å². The van der Waals surface area contributed by atoms with Gasteiger partial charge in [-0.3, -0.25) is 9.89 Å². The van der Waals surface area contributed by atoms with Crippen molar-refractivity contribution in [3.8, 4) is 5.75 Å². The minimum Gasteiger partial charge on any atom is -0.497 e. The maximum absolute atomic E-state index is 11.8. The number of carbonyl (C=O) groups excluding carboxylic acids is 1. The van der Waals surface area contributed by atoms with Crippen LogP contribution in [0, 0.1) is 0 Å². The smallest absolute Gasteiger partial charge is 0.183 e. The number of nitrogens with one attached hydrogen (secondary N) is 1. The van der Waals surface area contributed by atoms with E-state index in [9.17, 15) is 4.79 Å². The van der Waals surface area contributed by atoms with Crippen LogP contribution in [0.1, 0.15) is 10.4 Å². The summed E-state index contributed by atoms with van der Waals surface area (Å²) < 4.78 is 5.03. The minimum absolute atomic E-state index is 0.0500. The lowest BCUT2D eigenvalue weighted by Crippen LogP contribution is -2.02. The fourth-order valence-corrected chi connectivity index (χ4v) is 1.93. The summed E-state index contributed by atoms with van der Waals surface area (Å²) >= 11 is 1.33. The monoisotopic (exact) mass is 249 g/mol. The van der Waals surface area contributed by atoms with Gasteiger partial charge < -0.3 is 4.74 Å². The lowest BCUT2D eigenvalue weighted by Gasteiger charge is -2.01. The summed E-state index contributed by atoms with van der Waals surface area (Å²) in [4.78, 5) is 15.7. The number of Topliss-reactive ketones (excluding diaryl/α,β-unsaturated/α-hetero) is 1. The number of hydrogen-bond acceptors (Lipinski definition) is 5. The fourth-order valence-electron chi connectivity index (χ4n) is 1.26. The van der Waals surface area contributed by atoms with Crippen LogP contribution >= 0.6 is 11.8 Å². The number of methoxy groups -OCH3 is 1. The molecule has 0 spiro atoms. The summed E-state index contributed by atoms with van der Waals surface area (Å²) in [7, 11) is 1.59. The van der Waals surface area contributed by atoms with Crippen LogP contribution in [0.5, 0.6) is 5.75 Å². The number of H-pyrrole nitrogens is 1. The van der Waals surface area contributed by atoms with Gasteiger partial charge in [0.1, 0.15) is 12.1 Å². The van der Waals surface area contributed by atoms with Gasteiger partial charge in [0.25, 0.3) is 0 Å². The van der Waals surface area contributed by atoms with Gasteiger partial charge in [-0.2, -0.15) is 5.10 Å². The highest BCUT2D eigenvalue weighted by atomic mass is 32.2. The number of aromatic nitrogens is 3. The molecule has 0 saturated heterocycles. The average Bonchev–Trinajstić information content (AvgIpc) is 2.89. The Kier molecular flexibility index (Phi) is 3.77. The zero-order valence-electron chi connectivity index (χ0n) is 9.21. The third-order valence-electron chi connectivity index (χ3n) is 2.14. The minimum atomic E-state index is 0.0500. The highest BCUT2D eigenvalue weighted by Crippen LogP contribution is 2.16. The van der Waals surface area contributed by atoms with Crippen LogP contribution in [0.15, 0.2) is 35.7 Å². The Bertz CT molecular complexity index is 482. The molecular weight excluding hydrogens is 238 g/mol. The summed E-state index contributed by atoms with van der Waals surface area (Å²) in [5, 5.41) is 7.05. The highest BCUT2D eigenvalue weighted by molar-refractivity contribution is 7.99. The standard InChI is InChI=1S/C11H11N3O2S/c1-16-9-4-2-8(3-5-9)10(15)6-17-11-12-7-13-14-11/h2-5,7H,6H2,1H3,(H,12,13,14). The predicted molar refractivity (Wildman–Crippen MR) is 64.4 cm³/mol. The number of benzene rings is 1. The molecule has 1 aromatic carbocycles. The molecule has 0 aliphatic rings. The molecule has 0 saturated carbocycles. The first kappa shape index (κ1) is 11.7. The van der Waals surface area contributed by atoms with Crippen molar-refractivity contribution in [2.45, 2.75) is 5.16 Å². The first-order valence-electron chi connectivity index (χ1n) is 4.95. The van der Waals surface area contributed by atoms with Crippen LogP contribution in [0.2, 0.25) is 0 Å². The van der Waals surface area contributed by atoms with Gasteiger partial charge in [-0.1, -0.05) is 11.8 Å². The van der Waals surface area contributed by atoms with Gasteiger partial charge in [-0.25, -0.2) is 4.98 Å². The molecule has 2 aromatic rings. The molecule has 5 nitrogen and oxygen atoms in total. The van der Waals surface area contributed by atoms with E-state index in [1.54, 1.807) is 31.4 Å². The molecule has 0 atom stereocenters. The summed E-state index contributed by atoms with van der Waals surface area (Å²) in [5.41, 5.74) is 0.665. The van der Waals surface area contributed by atoms with Crippen molar-refractivity contribution < 1.29 is 9.53 Å². The molecule has 0 aliphatic carbocycles. The molecule has 1 heterocycles. The lowest BCUT2D eigenvalue weighted by atomic mass is 10.1. The van der Waals surface area contributed by atoms with Crippen molar-refractivity contribution in [3.63, 3.8) is 0 Å². The largest absolute Gasteiger partial charge is 0.497 e. The molecule has 0 unspecified atom stereocenters. The molecule has 0 aliphatic heterocycles. The number of hydrogen-bond donors (Lipinski definition) is 1. The number of rotatable bonds is 5. The van der Waals surface area contributed by atoms with E-state index in [0.717, 1.165) is 5.75 Å². The zero-order chi connectivity index (χ0) is 12.1. The SMILES string of the molecule is COc1ccc(C(=O)CSc2ncn[nH]2)cc1. The van der Waals surface area contributed by atoms with Crippen LogP contribution < -0.4 is 4.74 Å². The van der Waals surface area contributed by atoms with Crippen molar-refractivity contribution in [2.75, 3.05) is 12.9 Å². The summed E-state index contributed by atoms with van der Waals surface area (Å²) in [6, 6.07) is 7.04. The van der Waals surface area contributed by atoms with E-state index < -0.39 is 0 Å². The summed E-state index contributed by atoms with van der Waals surface area (Å²) in [5.74, 6) is 1.13. The predicted octanol–water partition coefficient (Wildman–Crippen LogP) is 1.79. The molecule has 6 heteroatoms. The van der Waals surface area contributed by atoms with Crippen molar-refractivity contribution in [1.29, 1.82) is 0 Å². The van der Waals surface area contributed by atoms with E-state index in [1.165, 1.54) is 18.1 Å². The second kappa shape index (κ2) is 5.49. The van der Waals surface area contributed by atoms with Crippen LogP contribution in [0.3, 0.4) is 0 Å². The Labute approximate surface area is 103 Å². The molecule has 2 rings (SSSR count). The van der Waals surface area contributed by atoms with Crippen molar-refractivity contribution in [1.82, 2.24) is 15.2 Å². The Hall–Kier alpha value is -1.82. The Morgan fingerprint density at radius 3 is 2.76 bits per heavy atom. The van der Waals surface area contributed by atoms with Crippen LogP contribution in [0.4, 0.5) is 0 Å². The summed E-state index contributed by atoms with van der Waals surface area (Å²) in [6.45, 7) is 0. The Morgan fingerprint density at radius 2 is 2.18 bits per heavy atom. The van der Waals surface area contributed by atoms with E-state index in [-0.39, 0.29) is 5.78 Å².